The Labute approximate surface area is 142 Å². The summed E-state index contributed by atoms with van der Waals surface area (Å²) in [5, 5.41) is 3.17. The zero-order valence-electron chi connectivity index (χ0n) is 13.4. The van der Waals surface area contributed by atoms with Crippen molar-refractivity contribution in [1.29, 1.82) is 0 Å². The van der Waals surface area contributed by atoms with Crippen LogP contribution in [0.2, 0.25) is 0 Å². The lowest BCUT2D eigenvalue weighted by molar-refractivity contribution is 0.0927. The van der Waals surface area contributed by atoms with Gasteiger partial charge in [-0.05, 0) is 23.3 Å². The molecule has 1 amide bonds. The van der Waals surface area contributed by atoms with Gasteiger partial charge in [-0.1, -0.05) is 84.9 Å². The highest BCUT2D eigenvalue weighted by atomic mass is 16.1. The second-order valence-corrected chi connectivity index (χ2v) is 5.56. The Kier molecular flexibility index (Phi) is 4.57. The SMILES string of the molecule is C=CC(NC(=O)c1ccccc1)(c1ccccc1)c1ccccc1. The molecule has 0 fully saturated rings. The van der Waals surface area contributed by atoms with Crippen LogP contribution in [0.15, 0.2) is 104 Å². The lowest BCUT2D eigenvalue weighted by atomic mass is 9.82. The van der Waals surface area contributed by atoms with Crippen LogP contribution in [0.5, 0.6) is 0 Å². The van der Waals surface area contributed by atoms with Gasteiger partial charge in [-0.2, -0.15) is 0 Å². The van der Waals surface area contributed by atoms with Gasteiger partial charge < -0.3 is 5.32 Å². The van der Waals surface area contributed by atoms with E-state index in [0.29, 0.717) is 5.56 Å². The maximum Gasteiger partial charge on any atom is 0.252 e. The first kappa shape index (κ1) is 15.8. The molecular weight excluding hydrogens is 294 g/mol. The maximum absolute atomic E-state index is 12.8. The molecule has 0 aliphatic heterocycles. The quantitative estimate of drug-likeness (QED) is 0.688. The number of carbonyl (C=O) groups excluding carboxylic acids is 1. The molecule has 0 spiro atoms. The second-order valence-electron chi connectivity index (χ2n) is 5.56. The number of carbonyl (C=O) groups is 1. The fourth-order valence-electron chi connectivity index (χ4n) is 2.84. The van der Waals surface area contributed by atoms with E-state index >= 15 is 0 Å². The van der Waals surface area contributed by atoms with E-state index in [9.17, 15) is 4.79 Å². The van der Waals surface area contributed by atoms with Crippen LogP contribution in [0.1, 0.15) is 21.5 Å². The number of nitrogens with one attached hydrogen (secondary N) is 1. The van der Waals surface area contributed by atoms with Crippen molar-refractivity contribution in [2.45, 2.75) is 5.54 Å². The molecule has 2 nitrogen and oxygen atoms in total. The lowest BCUT2D eigenvalue weighted by Gasteiger charge is -2.33. The number of hydrogen-bond donors (Lipinski definition) is 1. The second kappa shape index (κ2) is 6.97. The van der Waals surface area contributed by atoms with Crippen LogP contribution < -0.4 is 5.32 Å². The molecule has 24 heavy (non-hydrogen) atoms. The summed E-state index contributed by atoms with van der Waals surface area (Å²) in [6, 6.07) is 29.0. The lowest BCUT2D eigenvalue weighted by Crippen LogP contribution is -2.45. The summed E-state index contributed by atoms with van der Waals surface area (Å²) < 4.78 is 0. The van der Waals surface area contributed by atoms with Crippen LogP contribution in [-0.4, -0.2) is 5.91 Å². The van der Waals surface area contributed by atoms with E-state index < -0.39 is 5.54 Å². The predicted octanol–water partition coefficient (Wildman–Crippen LogP) is 4.55. The van der Waals surface area contributed by atoms with Crippen LogP contribution in [0, 0.1) is 0 Å². The van der Waals surface area contributed by atoms with Gasteiger partial charge in [0.2, 0.25) is 0 Å². The van der Waals surface area contributed by atoms with E-state index in [0.717, 1.165) is 11.1 Å². The largest absolute Gasteiger partial charge is 0.335 e. The Balaban J connectivity index is 2.09. The van der Waals surface area contributed by atoms with Gasteiger partial charge in [0, 0.05) is 5.56 Å². The average molecular weight is 313 g/mol. The summed E-state index contributed by atoms with van der Waals surface area (Å²) >= 11 is 0. The highest BCUT2D eigenvalue weighted by Crippen LogP contribution is 2.31. The summed E-state index contributed by atoms with van der Waals surface area (Å²) in [7, 11) is 0. The van der Waals surface area contributed by atoms with Crippen molar-refractivity contribution in [3.63, 3.8) is 0 Å². The molecule has 0 aromatic heterocycles. The smallest absolute Gasteiger partial charge is 0.252 e. The molecule has 2 heteroatoms. The van der Waals surface area contributed by atoms with E-state index in [1.54, 1.807) is 18.2 Å². The molecule has 0 atom stereocenters. The van der Waals surface area contributed by atoms with Crippen molar-refractivity contribution in [2.24, 2.45) is 0 Å². The Morgan fingerprint density at radius 1 is 0.750 bits per heavy atom. The highest BCUT2D eigenvalue weighted by molar-refractivity contribution is 5.95. The minimum atomic E-state index is -0.782. The van der Waals surface area contributed by atoms with Gasteiger partial charge in [0.05, 0.1) is 0 Å². The fraction of sp³-hybridized carbons (Fsp3) is 0.0455. The van der Waals surface area contributed by atoms with E-state index in [1.807, 2.05) is 78.9 Å². The molecule has 3 aromatic rings. The Hall–Kier alpha value is -3.13. The normalized spacial score (nSPS) is 10.8. The van der Waals surface area contributed by atoms with Gasteiger partial charge in [-0.25, -0.2) is 0 Å². The third-order valence-electron chi connectivity index (χ3n) is 4.11. The van der Waals surface area contributed by atoms with Crippen molar-refractivity contribution >= 4 is 5.91 Å². The maximum atomic E-state index is 12.8. The first-order chi connectivity index (χ1) is 11.8. The molecule has 3 aromatic carbocycles. The Morgan fingerprint density at radius 2 is 1.17 bits per heavy atom. The molecule has 0 saturated heterocycles. The molecule has 3 rings (SSSR count). The molecule has 0 unspecified atom stereocenters. The molecule has 1 N–H and O–H groups in total. The van der Waals surface area contributed by atoms with Gasteiger partial charge in [0.1, 0.15) is 5.54 Å². The molecule has 0 radical (unpaired) electrons. The van der Waals surface area contributed by atoms with Gasteiger partial charge >= 0.3 is 0 Å². The number of amides is 1. The highest BCUT2D eigenvalue weighted by Gasteiger charge is 2.32. The van der Waals surface area contributed by atoms with Crippen molar-refractivity contribution < 1.29 is 4.79 Å². The van der Waals surface area contributed by atoms with Crippen molar-refractivity contribution in [2.75, 3.05) is 0 Å². The molecular formula is C22H19NO. The molecule has 0 bridgehead atoms. The van der Waals surface area contributed by atoms with Crippen LogP contribution in [0.25, 0.3) is 0 Å². The summed E-state index contributed by atoms with van der Waals surface area (Å²) in [5.41, 5.74) is 1.77. The molecule has 0 aliphatic rings. The Bertz CT molecular complexity index is 771. The monoisotopic (exact) mass is 313 g/mol. The number of rotatable bonds is 5. The van der Waals surface area contributed by atoms with E-state index in [-0.39, 0.29) is 5.91 Å². The third kappa shape index (κ3) is 2.99. The van der Waals surface area contributed by atoms with E-state index in [2.05, 4.69) is 11.9 Å². The van der Waals surface area contributed by atoms with Gasteiger partial charge in [-0.15, -0.1) is 6.58 Å². The molecule has 0 aliphatic carbocycles. The van der Waals surface area contributed by atoms with E-state index in [1.165, 1.54) is 0 Å². The average Bonchev–Trinajstić information content (AvgIpc) is 2.68. The minimum absolute atomic E-state index is 0.136. The van der Waals surface area contributed by atoms with Gasteiger partial charge in [-0.3, -0.25) is 4.79 Å². The zero-order valence-corrected chi connectivity index (χ0v) is 13.4. The topological polar surface area (TPSA) is 29.1 Å². The van der Waals surface area contributed by atoms with Crippen molar-refractivity contribution in [3.05, 3.63) is 120 Å². The third-order valence-corrected chi connectivity index (χ3v) is 4.11. The van der Waals surface area contributed by atoms with Crippen molar-refractivity contribution in [3.8, 4) is 0 Å². The number of hydrogen-bond acceptors (Lipinski definition) is 1. The standard InChI is InChI=1S/C22H19NO/c1-2-22(19-14-8-4-9-15-19,20-16-10-5-11-17-20)23-21(24)18-12-6-3-7-13-18/h2-17H,1H2,(H,23,24). The van der Waals surface area contributed by atoms with Crippen LogP contribution in [-0.2, 0) is 5.54 Å². The number of benzene rings is 3. The summed E-state index contributed by atoms with van der Waals surface area (Å²) in [5.74, 6) is -0.136. The van der Waals surface area contributed by atoms with Gasteiger partial charge in [0.25, 0.3) is 5.91 Å². The predicted molar refractivity (Wildman–Crippen MR) is 97.8 cm³/mol. The van der Waals surface area contributed by atoms with Gasteiger partial charge in [0.15, 0.2) is 0 Å². The van der Waals surface area contributed by atoms with Crippen LogP contribution in [0.4, 0.5) is 0 Å². The molecule has 118 valence electrons. The minimum Gasteiger partial charge on any atom is -0.335 e. The van der Waals surface area contributed by atoms with Crippen LogP contribution in [0.3, 0.4) is 0 Å². The van der Waals surface area contributed by atoms with Crippen molar-refractivity contribution in [1.82, 2.24) is 5.32 Å². The summed E-state index contributed by atoms with van der Waals surface area (Å²) in [4.78, 5) is 12.8. The Morgan fingerprint density at radius 3 is 1.58 bits per heavy atom. The van der Waals surface area contributed by atoms with E-state index in [4.69, 9.17) is 0 Å². The fourth-order valence-corrected chi connectivity index (χ4v) is 2.84. The zero-order chi connectivity index (χ0) is 16.8. The van der Waals surface area contributed by atoms with Crippen LogP contribution >= 0.6 is 0 Å². The summed E-state index contributed by atoms with van der Waals surface area (Å²) in [6.07, 6.45) is 1.79. The molecule has 0 saturated carbocycles. The molecule has 0 heterocycles. The first-order valence-electron chi connectivity index (χ1n) is 7.88. The summed E-state index contributed by atoms with van der Waals surface area (Å²) in [6.45, 7) is 4.02. The first-order valence-corrected chi connectivity index (χ1v) is 7.88.